The highest BCUT2D eigenvalue weighted by Gasteiger charge is 2.14. The van der Waals surface area contributed by atoms with Crippen molar-refractivity contribution in [1.29, 1.82) is 0 Å². The Labute approximate surface area is 182 Å². The Kier molecular flexibility index (Phi) is 19.9. The SMILES string of the molecule is C=CC(=O)OCCC[N+](C)(C)CCCCCCCCCCCCCCCCCC. The minimum absolute atomic E-state index is 0.312. The van der Waals surface area contributed by atoms with E-state index in [1.54, 1.807) is 0 Å². The fourth-order valence-corrected chi connectivity index (χ4v) is 3.92. The summed E-state index contributed by atoms with van der Waals surface area (Å²) in [6.07, 6.45) is 24.8. The van der Waals surface area contributed by atoms with E-state index < -0.39 is 0 Å². The maximum Gasteiger partial charge on any atom is 0.330 e. The van der Waals surface area contributed by atoms with Crippen LogP contribution in [0.5, 0.6) is 0 Å². The zero-order valence-electron chi connectivity index (χ0n) is 20.2. The molecule has 3 nitrogen and oxygen atoms in total. The highest BCUT2D eigenvalue weighted by Crippen LogP contribution is 2.14. The molecule has 3 heteroatoms. The fraction of sp³-hybridized carbons (Fsp3) is 0.885. The molecule has 0 aliphatic rings. The number of carbonyl (C=O) groups excluding carboxylic acids is 1. The topological polar surface area (TPSA) is 26.3 Å². The Hall–Kier alpha value is -0.830. The smallest absolute Gasteiger partial charge is 0.330 e. The van der Waals surface area contributed by atoms with Crippen LogP contribution in [-0.4, -0.2) is 44.2 Å². The van der Waals surface area contributed by atoms with Gasteiger partial charge < -0.3 is 9.22 Å². The lowest BCUT2D eigenvalue weighted by atomic mass is 10.0. The van der Waals surface area contributed by atoms with E-state index in [0.29, 0.717) is 6.61 Å². The third-order valence-corrected chi connectivity index (χ3v) is 5.94. The van der Waals surface area contributed by atoms with Crippen LogP contribution in [0, 0.1) is 0 Å². The normalized spacial score (nSPS) is 11.6. The van der Waals surface area contributed by atoms with Gasteiger partial charge in [-0.1, -0.05) is 103 Å². The van der Waals surface area contributed by atoms with Gasteiger partial charge in [-0.15, -0.1) is 0 Å². The van der Waals surface area contributed by atoms with Crippen LogP contribution in [0.4, 0.5) is 0 Å². The molecule has 0 unspecified atom stereocenters. The summed E-state index contributed by atoms with van der Waals surface area (Å²) in [6.45, 7) is 8.49. The predicted molar refractivity (Wildman–Crippen MR) is 127 cm³/mol. The highest BCUT2D eigenvalue weighted by molar-refractivity contribution is 5.81. The van der Waals surface area contributed by atoms with Crippen molar-refractivity contribution in [3.05, 3.63) is 12.7 Å². The number of hydrogen-bond donors (Lipinski definition) is 0. The van der Waals surface area contributed by atoms with Crippen LogP contribution in [-0.2, 0) is 9.53 Å². The molecule has 0 N–H and O–H groups in total. The lowest BCUT2D eigenvalue weighted by Gasteiger charge is -2.29. The summed E-state index contributed by atoms with van der Waals surface area (Å²) in [5.41, 5.74) is 0. The van der Waals surface area contributed by atoms with Crippen molar-refractivity contribution in [3.63, 3.8) is 0 Å². The second kappa shape index (κ2) is 20.4. The van der Waals surface area contributed by atoms with E-state index in [2.05, 4.69) is 27.6 Å². The lowest BCUT2D eigenvalue weighted by molar-refractivity contribution is -0.890. The van der Waals surface area contributed by atoms with Gasteiger partial charge in [-0.2, -0.15) is 0 Å². The van der Waals surface area contributed by atoms with Crippen LogP contribution in [0.1, 0.15) is 116 Å². The standard InChI is InChI=1S/C26H52NO2/c1-5-7-8-9-10-11-12-13-14-15-16-17-18-19-20-21-23-27(3,4)24-22-25-29-26(28)6-2/h6H,2,5,7-25H2,1,3-4H3/q+1. The minimum Gasteiger partial charge on any atom is -0.462 e. The van der Waals surface area contributed by atoms with Gasteiger partial charge in [0.2, 0.25) is 0 Å². The molecular formula is C26H52NO2+. The van der Waals surface area contributed by atoms with Gasteiger partial charge >= 0.3 is 5.97 Å². The van der Waals surface area contributed by atoms with Crippen molar-refractivity contribution in [3.8, 4) is 0 Å². The Balaban J connectivity index is 3.29. The van der Waals surface area contributed by atoms with Crippen molar-refractivity contribution in [2.75, 3.05) is 33.8 Å². The molecule has 0 aliphatic heterocycles. The van der Waals surface area contributed by atoms with Crippen LogP contribution in [0.15, 0.2) is 12.7 Å². The average molecular weight is 411 g/mol. The number of rotatable bonds is 22. The third-order valence-electron chi connectivity index (χ3n) is 5.94. The summed E-state index contributed by atoms with van der Waals surface area (Å²) in [7, 11) is 4.56. The van der Waals surface area contributed by atoms with Crippen LogP contribution in [0.25, 0.3) is 0 Å². The van der Waals surface area contributed by atoms with Crippen LogP contribution in [0.3, 0.4) is 0 Å². The number of carbonyl (C=O) groups is 1. The Morgan fingerprint density at radius 3 is 1.48 bits per heavy atom. The molecule has 0 aliphatic carbocycles. The molecule has 0 saturated carbocycles. The number of unbranched alkanes of at least 4 members (excludes halogenated alkanes) is 15. The van der Waals surface area contributed by atoms with E-state index in [9.17, 15) is 4.79 Å². The van der Waals surface area contributed by atoms with E-state index in [-0.39, 0.29) is 5.97 Å². The number of esters is 1. The summed E-state index contributed by atoms with van der Waals surface area (Å²) in [5.74, 6) is -0.312. The molecule has 0 saturated heterocycles. The van der Waals surface area contributed by atoms with Gasteiger partial charge in [0.05, 0.1) is 33.8 Å². The van der Waals surface area contributed by atoms with Gasteiger partial charge in [0, 0.05) is 12.5 Å². The Morgan fingerprint density at radius 2 is 1.07 bits per heavy atom. The fourth-order valence-electron chi connectivity index (χ4n) is 3.92. The van der Waals surface area contributed by atoms with E-state index in [1.807, 2.05) is 0 Å². The summed E-state index contributed by atoms with van der Waals surface area (Å²) < 4.78 is 6.07. The molecule has 0 spiro atoms. The second-order valence-corrected chi connectivity index (χ2v) is 9.41. The average Bonchev–Trinajstić information content (AvgIpc) is 2.70. The van der Waals surface area contributed by atoms with Crippen LogP contribution < -0.4 is 0 Å². The molecular weight excluding hydrogens is 358 g/mol. The predicted octanol–water partition coefficient (Wildman–Crippen LogP) is 7.44. The summed E-state index contributed by atoms with van der Waals surface area (Å²) in [5, 5.41) is 0. The first-order chi connectivity index (χ1) is 14.0. The van der Waals surface area contributed by atoms with Crippen LogP contribution in [0.2, 0.25) is 0 Å². The largest absolute Gasteiger partial charge is 0.462 e. The van der Waals surface area contributed by atoms with E-state index >= 15 is 0 Å². The van der Waals surface area contributed by atoms with Gasteiger partial charge in [0.15, 0.2) is 0 Å². The van der Waals surface area contributed by atoms with Gasteiger partial charge in [0.1, 0.15) is 0 Å². The van der Waals surface area contributed by atoms with Crippen LogP contribution >= 0.6 is 0 Å². The highest BCUT2D eigenvalue weighted by atomic mass is 16.5. The molecule has 0 bridgehead atoms. The van der Waals surface area contributed by atoms with E-state index in [4.69, 9.17) is 4.74 Å². The molecule has 0 atom stereocenters. The first-order valence-electron chi connectivity index (χ1n) is 12.6. The molecule has 0 fully saturated rings. The molecule has 0 aromatic rings. The maximum absolute atomic E-state index is 11.0. The van der Waals surface area contributed by atoms with E-state index in [1.165, 1.54) is 115 Å². The van der Waals surface area contributed by atoms with Gasteiger partial charge in [-0.25, -0.2) is 4.79 Å². The Morgan fingerprint density at radius 1 is 0.690 bits per heavy atom. The number of nitrogens with zero attached hydrogens (tertiary/aromatic N) is 1. The molecule has 172 valence electrons. The first kappa shape index (κ1) is 28.2. The van der Waals surface area contributed by atoms with Gasteiger partial charge in [-0.05, 0) is 12.8 Å². The van der Waals surface area contributed by atoms with Crippen molar-refractivity contribution < 1.29 is 14.0 Å². The Bertz CT molecular complexity index is 379. The van der Waals surface area contributed by atoms with Crippen molar-refractivity contribution in [2.24, 2.45) is 0 Å². The zero-order chi connectivity index (χ0) is 21.6. The number of ether oxygens (including phenoxy) is 1. The summed E-state index contributed by atoms with van der Waals surface area (Å²) >= 11 is 0. The van der Waals surface area contributed by atoms with Crippen molar-refractivity contribution in [1.82, 2.24) is 0 Å². The summed E-state index contributed by atoms with van der Waals surface area (Å²) in [6, 6.07) is 0. The maximum atomic E-state index is 11.0. The zero-order valence-corrected chi connectivity index (χ0v) is 20.2. The molecule has 0 radical (unpaired) electrons. The molecule has 29 heavy (non-hydrogen) atoms. The third kappa shape index (κ3) is 21.7. The summed E-state index contributed by atoms with van der Waals surface area (Å²) in [4.78, 5) is 11.0. The number of hydrogen-bond acceptors (Lipinski definition) is 2. The molecule has 0 heterocycles. The monoisotopic (exact) mass is 410 g/mol. The quantitative estimate of drug-likeness (QED) is 0.0802. The van der Waals surface area contributed by atoms with Gasteiger partial charge in [0.25, 0.3) is 0 Å². The number of quaternary nitrogens is 1. The minimum atomic E-state index is -0.312. The molecule has 0 aromatic heterocycles. The van der Waals surface area contributed by atoms with Gasteiger partial charge in [-0.3, -0.25) is 0 Å². The van der Waals surface area contributed by atoms with Crippen molar-refractivity contribution in [2.45, 2.75) is 116 Å². The van der Waals surface area contributed by atoms with Crippen molar-refractivity contribution >= 4 is 5.97 Å². The molecule has 0 rings (SSSR count). The molecule has 0 aromatic carbocycles. The lowest BCUT2D eigenvalue weighted by Crippen LogP contribution is -2.41. The second-order valence-electron chi connectivity index (χ2n) is 9.41. The van der Waals surface area contributed by atoms with E-state index in [0.717, 1.165) is 17.4 Å². The molecule has 0 amide bonds. The first-order valence-corrected chi connectivity index (χ1v) is 12.6.